The molecule has 0 heterocycles. The fourth-order valence-electron chi connectivity index (χ4n) is 6.47. The Morgan fingerprint density at radius 2 is 0.896 bits per heavy atom. The molecule has 3 unspecified atom stereocenters. The third-order valence-corrected chi connectivity index (χ3v) is 9.74. The maximum atomic E-state index is 12.3. The van der Waals surface area contributed by atoms with Crippen molar-refractivity contribution in [3.05, 3.63) is 24.3 Å². The number of rotatable bonds is 38. The molecule has 0 aromatic heterocycles. The van der Waals surface area contributed by atoms with Gasteiger partial charge in [0.1, 0.15) is 0 Å². The first-order chi connectivity index (χ1) is 23.5. The summed E-state index contributed by atoms with van der Waals surface area (Å²) in [6.45, 7) is 4.18. The second-order valence-electron chi connectivity index (χ2n) is 14.6. The summed E-state index contributed by atoms with van der Waals surface area (Å²) in [4.78, 5) is 12.3. The van der Waals surface area contributed by atoms with E-state index in [1.807, 2.05) is 6.08 Å². The lowest BCUT2D eigenvalue weighted by molar-refractivity contribution is -0.124. The summed E-state index contributed by atoms with van der Waals surface area (Å²) in [5.74, 6) is -0.326. The van der Waals surface area contributed by atoms with Crippen LogP contribution >= 0.6 is 0 Å². The van der Waals surface area contributed by atoms with E-state index in [-0.39, 0.29) is 18.9 Å². The van der Waals surface area contributed by atoms with Crippen LogP contribution in [0, 0.1) is 0 Å². The topological polar surface area (TPSA) is 89.8 Å². The zero-order valence-corrected chi connectivity index (χ0v) is 32.1. The van der Waals surface area contributed by atoms with Gasteiger partial charge in [-0.1, -0.05) is 205 Å². The van der Waals surface area contributed by atoms with Gasteiger partial charge in [-0.15, -0.1) is 0 Å². The van der Waals surface area contributed by atoms with Gasteiger partial charge >= 0.3 is 0 Å². The molecule has 0 radical (unpaired) electrons. The molecule has 48 heavy (non-hydrogen) atoms. The summed E-state index contributed by atoms with van der Waals surface area (Å²) in [5.41, 5.74) is 0. The first-order valence-electron chi connectivity index (χ1n) is 21.1. The maximum Gasteiger partial charge on any atom is 0.222 e. The summed E-state index contributed by atoms with van der Waals surface area (Å²) < 4.78 is 0. The van der Waals surface area contributed by atoms with Crippen molar-refractivity contribution in [3.8, 4) is 0 Å². The molecule has 0 saturated carbocycles. The standard InChI is InChI=1S/C43H83NO4/c1-3-5-7-9-11-13-14-15-16-17-18-19-20-21-22-23-24-25-26-27-29-31-33-35-37-42(47)41(39-45)44-43(48)38-40(46)36-34-32-30-28-12-10-8-6-4-2/h27,29,35,37,40-42,45-47H,3-26,28,30-34,36,38-39H2,1-2H3,(H,44,48)/b29-27+,37-35+. The molecule has 0 aromatic carbocycles. The van der Waals surface area contributed by atoms with Gasteiger partial charge in [-0.25, -0.2) is 0 Å². The first kappa shape index (κ1) is 46.8. The minimum Gasteiger partial charge on any atom is -0.394 e. The van der Waals surface area contributed by atoms with Gasteiger partial charge in [-0.3, -0.25) is 4.79 Å². The van der Waals surface area contributed by atoms with Crippen molar-refractivity contribution in [2.24, 2.45) is 0 Å². The fourth-order valence-corrected chi connectivity index (χ4v) is 6.47. The monoisotopic (exact) mass is 678 g/mol. The van der Waals surface area contributed by atoms with E-state index in [1.54, 1.807) is 6.08 Å². The molecule has 0 aliphatic carbocycles. The van der Waals surface area contributed by atoms with E-state index >= 15 is 0 Å². The number of nitrogens with one attached hydrogen (secondary N) is 1. The van der Waals surface area contributed by atoms with Crippen LogP contribution in [-0.4, -0.2) is 46.1 Å². The number of carbonyl (C=O) groups is 1. The highest BCUT2D eigenvalue weighted by Crippen LogP contribution is 2.15. The van der Waals surface area contributed by atoms with Crippen LogP contribution in [0.25, 0.3) is 0 Å². The van der Waals surface area contributed by atoms with Crippen LogP contribution in [0.2, 0.25) is 0 Å². The van der Waals surface area contributed by atoms with Crippen LogP contribution in [0.15, 0.2) is 24.3 Å². The van der Waals surface area contributed by atoms with Crippen molar-refractivity contribution in [3.63, 3.8) is 0 Å². The lowest BCUT2D eigenvalue weighted by atomic mass is 10.0. The van der Waals surface area contributed by atoms with Crippen molar-refractivity contribution in [2.45, 2.75) is 238 Å². The number of amides is 1. The SMILES string of the molecule is CCCCCCCCCCCCCCCCCCCC/C=C/CC/C=C/C(O)C(CO)NC(=O)CC(O)CCCCCCCCCCC. The molecule has 4 N–H and O–H groups in total. The van der Waals surface area contributed by atoms with Crippen molar-refractivity contribution in [1.29, 1.82) is 0 Å². The fraction of sp³-hybridized carbons (Fsp3) is 0.884. The first-order valence-corrected chi connectivity index (χ1v) is 21.1. The Hall–Kier alpha value is -1.17. The number of aliphatic hydroxyl groups excluding tert-OH is 3. The van der Waals surface area contributed by atoms with E-state index < -0.39 is 18.2 Å². The van der Waals surface area contributed by atoms with Crippen molar-refractivity contribution in [1.82, 2.24) is 5.32 Å². The molecule has 0 aliphatic heterocycles. The molecular formula is C43H83NO4. The predicted molar refractivity (Wildman–Crippen MR) is 208 cm³/mol. The highest BCUT2D eigenvalue weighted by Gasteiger charge is 2.20. The Bertz CT molecular complexity index is 709. The van der Waals surface area contributed by atoms with Crippen LogP contribution in [0.3, 0.4) is 0 Å². The molecule has 0 aliphatic rings. The zero-order chi connectivity index (χ0) is 35.2. The van der Waals surface area contributed by atoms with Crippen LogP contribution < -0.4 is 5.32 Å². The Morgan fingerprint density at radius 3 is 1.33 bits per heavy atom. The van der Waals surface area contributed by atoms with E-state index in [4.69, 9.17) is 0 Å². The number of hydrogen-bond acceptors (Lipinski definition) is 4. The molecule has 0 spiro atoms. The molecular weight excluding hydrogens is 594 g/mol. The Morgan fingerprint density at radius 1 is 0.521 bits per heavy atom. The Kier molecular flexibility index (Phi) is 37.7. The van der Waals surface area contributed by atoms with E-state index in [9.17, 15) is 20.1 Å². The second kappa shape index (κ2) is 38.6. The van der Waals surface area contributed by atoms with E-state index in [2.05, 4.69) is 31.3 Å². The maximum absolute atomic E-state index is 12.3. The van der Waals surface area contributed by atoms with Gasteiger partial charge in [-0.05, 0) is 32.1 Å². The zero-order valence-electron chi connectivity index (χ0n) is 32.1. The average molecular weight is 678 g/mol. The molecule has 284 valence electrons. The number of unbranched alkanes of at least 4 members (excludes halogenated alkanes) is 27. The normalized spacial score (nSPS) is 13.9. The average Bonchev–Trinajstić information content (AvgIpc) is 3.08. The third-order valence-electron chi connectivity index (χ3n) is 9.74. The van der Waals surface area contributed by atoms with Crippen molar-refractivity contribution < 1.29 is 20.1 Å². The van der Waals surface area contributed by atoms with Gasteiger partial charge in [0.2, 0.25) is 5.91 Å². The van der Waals surface area contributed by atoms with Gasteiger partial charge < -0.3 is 20.6 Å². The van der Waals surface area contributed by atoms with E-state index in [0.717, 1.165) is 32.1 Å². The van der Waals surface area contributed by atoms with Gasteiger partial charge in [0, 0.05) is 0 Å². The summed E-state index contributed by atoms with van der Waals surface area (Å²) >= 11 is 0. The van der Waals surface area contributed by atoms with Crippen molar-refractivity contribution >= 4 is 5.91 Å². The molecule has 0 saturated heterocycles. The summed E-state index contributed by atoms with van der Waals surface area (Å²) in [6.07, 6.45) is 46.2. The number of aliphatic hydroxyl groups is 3. The summed E-state index contributed by atoms with van der Waals surface area (Å²) in [7, 11) is 0. The Labute approximate surface area is 299 Å². The lowest BCUT2D eigenvalue weighted by Gasteiger charge is -2.21. The van der Waals surface area contributed by atoms with Gasteiger partial charge in [0.15, 0.2) is 0 Å². The minimum absolute atomic E-state index is 0.00816. The van der Waals surface area contributed by atoms with Crippen molar-refractivity contribution in [2.75, 3.05) is 6.61 Å². The van der Waals surface area contributed by atoms with Crippen LogP contribution in [-0.2, 0) is 4.79 Å². The molecule has 0 aromatic rings. The van der Waals surface area contributed by atoms with Crippen LogP contribution in [0.5, 0.6) is 0 Å². The smallest absolute Gasteiger partial charge is 0.222 e. The summed E-state index contributed by atoms with van der Waals surface area (Å²) in [5, 5.41) is 33.0. The molecule has 1 amide bonds. The highest BCUT2D eigenvalue weighted by atomic mass is 16.3. The minimum atomic E-state index is -0.947. The van der Waals surface area contributed by atoms with Gasteiger partial charge in [-0.2, -0.15) is 0 Å². The van der Waals surface area contributed by atoms with Gasteiger partial charge in [0.05, 0.1) is 31.3 Å². The molecule has 0 fully saturated rings. The largest absolute Gasteiger partial charge is 0.394 e. The van der Waals surface area contributed by atoms with Crippen LogP contribution in [0.4, 0.5) is 0 Å². The van der Waals surface area contributed by atoms with E-state index in [1.165, 1.54) is 161 Å². The second-order valence-corrected chi connectivity index (χ2v) is 14.6. The number of hydrogen-bond donors (Lipinski definition) is 4. The molecule has 3 atom stereocenters. The predicted octanol–water partition coefficient (Wildman–Crippen LogP) is 11.8. The quantitative estimate of drug-likeness (QED) is 0.0387. The number of carbonyl (C=O) groups excluding carboxylic acids is 1. The highest BCUT2D eigenvalue weighted by molar-refractivity contribution is 5.76. The van der Waals surface area contributed by atoms with E-state index in [0.29, 0.717) is 6.42 Å². The van der Waals surface area contributed by atoms with Gasteiger partial charge in [0.25, 0.3) is 0 Å². The third kappa shape index (κ3) is 34.7. The Balaban J connectivity index is 3.65. The molecule has 0 bridgehead atoms. The number of allylic oxidation sites excluding steroid dienone is 3. The van der Waals surface area contributed by atoms with Crippen LogP contribution in [0.1, 0.15) is 219 Å². The molecule has 5 heteroatoms. The molecule has 0 rings (SSSR count). The lowest BCUT2D eigenvalue weighted by Crippen LogP contribution is -2.45. The summed E-state index contributed by atoms with van der Waals surface area (Å²) in [6, 6.07) is -0.756. The molecule has 5 nitrogen and oxygen atoms in total.